The molecule has 2 aromatic rings. The maximum Gasteiger partial charge on any atom is 0.315 e. The Hall–Kier alpha value is -2.27. The van der Waals surface area contributed by atoms with E-state index in [0.717, 1.165) is 17.0 Å². The van der Waals surface area contributed by atoms with Gasteiger partial charge in [0.05, 0.1) is 18.8 Å². The van der Waals surface area contributed by atoms with Gasteiger partial charge in [0.2, 0.25) is 0 Å². The Morgan fingerprint density at radius 3 is 2.87 bits per heavy atom. The summed E-state index contributed by atoms with van der Waals surface area (Å²) in [5.74, 6) is 0.762. The van der Waals surface area contributed by atoms with Crippen molar-refractivity contribution in [2.24, 2.45) is 0 Å². The van der Waals surface area contributed by atoms with Gasteiger partial charge in [-0.15, -0.1) is 0 Å². The van der Waals surface area contributed by atoms with Gasteiger partial charge in [0, 0.05) is 17.8 Å². The number of rotatable bonds is 6. The number of urea groups is 1. The third-order valence-electron chi connectivity index (χ3n) is 3.40. The van der Waals surface area contributed by atoms with Gasteiger partial charge in [0.15, 0.2) is 0 Å². The average Bonchev–Trinajstić information content (AvgIpc) is 2.56. The molecule has 1 aromatic carbocycles. The third-order valence-corrected chi connectivity index (χ3v) is 3.64. The molecule has 0 bridgehead atoms. The number of hydrogen-bond acceptors (Lipinski definition) is 3. The molecule has 5 nitrogen and oxygen atoms in total. The number of amides is 2. The SMILES string of the molecule is COc1ccc(Cl)cc1CCNC(=O)NC(C)c1ccccn1. The molecule has 2 N–H and O–H groups in total. The molecule has 6 heteroatoms. The second-order valence-electron chi connectivity index (χ2n) is 5.08. The number of nitrogens with zero attached hydrogens (tertiary/aromatic N) is 1. The Morgan fingerprint density at radius 2 is 2.17 bits per heavy atom. The Balaban J connectivity index is 1.82. The highest BCUT2D eigenvalue weighted by atomic mass is 35.5. The van der Waals surface area contributed by atoms with Crippen molar-refractivity contribution < 1.29 is 9.53 Å². The zero-order valence-corrected chi connectivity index (χ0v) is 13.9. The van der Waals surface area contributed by atoms with Crippen LogP contribution in [0.1, 0.15) is 24.2 Å². The molecule has 1 atom stereocenters. The fraction of sp³-hybridized carbons (Fsp3) is 0.294. The summed E-state index contributed by atoms with van der Waals surface area (Å²) in [7, 11) is 1.61. The Labute approximate surface area is 141 Å². The van der Waals surface area contributed by atoms with E-state index in [2.05, 4.69) is 15.6 Å². The predicted molar refractivity (Wildman–Crippen MR) is 90.9 cm³/mol. The van der Waals surface area contributed by atoms with Crippen molar-refractivity contribution in [3.8, 4) is 5.75 Å². The first-order valence-corrected chi connectivity index (χ1v) is 7.75. The molecule has 1 heterocycles. The highest BCUT2D eigenvalue weighted by Gasteiger charge is 2.10. The maximum atomic E-state index is 11.9. The number of carbonyl (C=O) groups excluding carboxylic acids is 1. The fourth-order valence-electron chi connectivity index (χ4n) is 2.21. The molecule has 122 valence electrons. The molecule has 0 radical (unpaired) electrons. The first kappa shape index (κ1) is 17.1. The van der Waals surface area contributed by atoms with Crippen molar-refractivity contribution in [3.05, 3.63) is 58.9 Å². The zero-order valence-electron chi connectivity index (χ0n) is 13.2. The molecule has 2 rings (SSSR count). The van der Waals surface area contributed by atoms with Gasteiger partial charge in [-0.3, -0.25) is 4.98 Å². The standard InChI is InChI=1S/C17H20ClN3O2/c1-12(15-5-3-4-9-19-15)21-17(22)20-10-8-13-11-14(18)6-7-16(13)23-2/h3-7,9,11-12H,8,10H2,1-2H3,(H2,20,21,22). The quantitative estimate of drug-likeness (QED) is 0.852. The van der Waals surface area contributed by atoms with Crippen molar-refractivity contribution in [1.82, 2.24) is 15.6 Å². The second-order valence-corrected chi connectivity index (χ2v) is 5.52. The smallest absolute Gasteiger partial charge is 0.315 e. The van der Waals surface area contributed by atoms with Gasteiger partial charge in [-0.2, -0.15) is 0 Å². The third kappa shape index (κ3) is 5.14. The number of pyridine rings is 1. The molecule has 0 aliphatic rings. The van der Waals surface area contributed by atoms with Crippen molar-refractivity contribution in [2.45, 2.75) is 19.4 Å². The van der Waals surface area contributed by atoms with Crippen LogP contribution in [-0.2, 0) is 6.42 Å². The normalized spacial score (nSPS) is 11.6. The largest absolute Gasteiger partial charge is 0.496 e. The number of halogens is 1. The predicted octanol–water partition coefficient (Wildman–Crippen LogP) is 3.35. The van der Waals surface area contributed by atoms with E-state index in [0.29, 0.717) is 18.0 Å². The molecular formula is C17H20ClN3O2. The fourth-order valence-corrected chi connectivity index (χ4v) is 2.40. The summed E-state index contributed by atoms with van der Waals surface area (Å²) in [5.41, 5.74) is 1.78. The topological polar surface area (TPSA) is 63.2 Å². The van der Waals surface area contributed by atoms with Crippen molar-refractivity contribution in [3.63, 3.8) is 0 Å². The van der Waals surface area contributed by atoms with Gasteiger partial charge in [0.25, 0.3) is 0 Å². The van der Waals surface area contributed by atoms with E-state index < -0.39 is 0 Å². The van der Waals surface area contributed by atoms with Gasteiger partial charge >= 0.3 is 6.03 Å². The number of nitrogens with one attached hydrogen (secondary N) is 2. The minimum absolute atomic E-state index is 0.156. The van der Waals surface area contributed by atoms with Crippen LogP contribution in [0, 0.1) is 0 Å². The number of carbonyl (C=O) groups is 1. The van der Waals surface area contributed by atoms with Crippen LogP contribution >= 0.6 is 11.6 Å². The molecule has 0 aliphatic carbocycles. The van der Waals surface area contributed by atoms with Crippen LogP contribution in [-0.4, -0.2) is 24.7 Å². The van der Waals surface area contributed by atoms with E-state index in [4.69, 9.17) is 16.3 Å². The summed E-state index contributed by atoms with van der Waals surface area (Å²) in [6, 6.07) is 10.7. The molecule has 23 heavy (non-hydrogen) atoms. The lowest BCUT2D eigenvalue weighted by molar-refractivity contribution is 0.238. The number of ether oxygens (including phenoxy) is 1. The van der Waals surface area contributed by atoms with E-state index >= 15 is 0 Å². The van der Waals surface area contributed by atoms with Crippen LogP contribution in [0.25, 0.3) is 0 Å². The summed E-state index contributed by atoms with van der Waals surface area (Å²) >= 11 is 5.99. The van der Waals surface area contributed by atoms with Crippen LogP contribution in [0.2, 0.25) is 5.02 Å². The maximum absolute atomic E-state index is 11.9. The number of aromatic nitrogens is 1. The Kier molecular flexibility index (Phi) is 6.23. The lowest BCUT2D eigenvalue weighted by atomic mass is 10.1. The van der Waals surface area contributed by atoms with E-state index in [-0.39, 0.29) is 12.1 Å². The van der Waals surface area contributed by atoms with Crippen LogP contribution in [0.15, 0.2) is 42.6 Å². The van der Waals surface area contributed by atoms with Crippen molar-refractivity contribution in [1.29, 1.82) is 0 Å². The summed E-state index contributed by atoms with van der Waals surface area (Å²) < 4.78 is 5.29. The minimum atomic E-state index is -0.232. The van der Waals surface area contributed by atoms with E-state index in [9.17, 15) is 4.79 Å². The summed E-state index contributed by atoms with van der Waals surface area (Å²) in [4.78, 5) is 16.1. The lowest BCUT2D eigenvalue weighted by Gasteiger charge is -2.14. The number of benzene rings is 1. The van der Waals surface area contributed by atoms with E-state index in [1.54, 1.807) is 19.4 Å². The molecule has 0 aliphatic heterocycles. The molecule has 0 saturated carbocycles. The van der Waals surface area contributed by atoms with Gasteiger partial charge in [-0.1, -0.05) is 17.7 Å². The van der Waals surface area contributed by atoms with Gasteiger partial charge < -0.3 is 15.4 Å². The summed E-state index contributed by atoms with van der Waals surface area (Å²) in [6.45, 7) is 2.37. The lowest BCUT2D eigenvalue weighted by Crippen LogP contribution is -2.38. The first-order chi connectivity index (χ1) is 11.1. The highest BCUT2D eigenvalue weighted by Crippen LogP contribution is 2.22. The van der Waals surface area contributed by atoms with Crippen LogP contribution in [0.5, 0.6) is 5.75 Å². The Morgan fingerprint density at radius 1 is 1.35 bits per heavy atom. The molecule has 0 spiro atoms. The minimum Gasteiger partial charge on any atom is -0.496 e. The molecule has 0 saturated heterocycles. The highest BCUT2D eigenvalue weighted by molar-refractivity contribution is 6.30. The molecule has 0 fully saturated rings. The van der Waals surface area contributed by atoms with Gasteiger partial charge in [0.1, 0.15) is 5.75 Å². The molecule has 1 aromatic heterocycles. The van der Waals surface area contributed by atoms with E-state index in [1.165, 1.54) is 0 Å². The van der Waals surface area contributed by atoms with Gasteiger partial charge in [-0.25, -0.2) is 4.79 Å². The Bertz CT molecular complexity index is 650. The van der Waals surface area contributed by atoms with Crippen LogP contribution in [0.4, 0.5) is 4.79 Å². The zero-order chi connectivity index (χ0) is 16.7. The monoisotopic (exact) mass is 333 g/mol. The van der Waals surface area contributed by atoms with E-state index in [1.807, 2.05) is 37.3 Å². The first-order valence-electron chi connectivity index (χ1n) is 7.38. The molecule has 1 unspecified atom stereocenters. The number of methoxy groups -OCH3 is 1. The summed E-state index contributed by atoms with van der Waals surface area (Å²) in [6.07, 6.45) is 2.34. The average molecular weight is 334 g/mol. The van der Waals surface area contributed by atoms with Crippen molar-refractivity contribution >= 4 is 17.6 Å². The molecule has 2 amide bonds. The van der Waals surface area contributed by atoms with Crippen LogP contribution < -0.4 is 15.4 Å². The second kappa shape index (κ2) is 8.39. The summed E-state index contributed by atoms with van der Waals surface area (Å²) in [5, 5.41) is 6.33. The van der Waals surface area contributed by atoms with Crippen molar-refractivity contribution in [2.75, 3.05) is 13.7 Å². The van der Waals surface area contributed by atoms with Gasteiger partial charge in [-0.05, 0) is 49.2 Å². The molecular weight excluding hydrogens is 314 g/mol. The number of hydrogen-bond donors (Lipinski definition) is 2. The van der Waals surface area contributed by atoms with Crippen LogP contribution in [0.3, 0.4) is 0 Å².